The van der Waals surface area contributed by atoms with E-state index in [2.05, 4.69) is 63.9 Å². The first-order valence-electron chi connectivity index (χ1n) is 5.28. The van der Waals surface area contributed by atoms with Gasteiger partial charge in [0.2, 0.25) is 0 Å². The predicted octanol–water partition coefficient (Wildman–Crippen LogP) is 4.47. The maximum absolute atomic E-state index is 3.49. The van der Waals surface area contributed by atoms with Crippen molar-refractivity contribution in [3.8, 4) is 0 Å². The minimum Gasteiger partial charge on any atom is -0.384 e. The van der Waals surface area contributed by atoms with Gasteiger partial charge < -0.3 is 5.32 Å². The van der Waals surface area contributed by atoms with Crippen LogP contribution >= 0.6 is 27.3 Å². The molecule has 0 aliphatic heterocycles. The van der Waals surface area contributed by atoms with Crippen LogP contribution in [-0.2, 0) is 6.42 Å². The minimum atomic E-state index is 0.984. The fourth-order valence-corrected chi connectivity index (χ4v) is 2.63. The molecule has 2 rings (SSSR count). The van der Waals surface area contributed by atoms with E-state index >= 15 is 0 Å². The van der Waals surface area contributed by atoms with Gasteiger partial charge >= 0.3 is 0 Å². The predicted molar refractivity (Wildman–Crippen MR) is 75.4 cm³/mol. The summed E-state index contributed by atoms with van der Waals surface area (Å²) in [6, 6.07) is 10.6. The Kier molecular flexibility index (Phi) is 4.02. The van der Waals surface area contributed by atoms with Gasteiger partial charge in [0, 0.05) is 21.6 Å². The zero-order chi connectivity index (χ0) is 11.4. The van der Waals surface area contributed by atoms with Crippen molar-refractivity contribution >= 4 is 33.0 Å². The van der Waals surface area contributed by atoms with Gasteiger partial charge in [0.25, 0.3) is 0 Å². The number of anilines is 1. The molecule has 0 unspecified atom stereocenters. The van der Waals surface area contributed by atoms with E-state index in [1.54, 1.807) is 0 Å². The molecule has 0 amide bonds. The Hall–Kier alpha value is -0.800. The molecule has 0 saturated carbocycles. The quantitative estimate of drug-likeness (QED) is 0.877. The Bertz CT molecular complexity index is 451. The van der Waals surface area contributed by atoms with Crippen molar-refractivity contribution in [1.82, 2.24) is 0 Å². The van der Waals surface area contributed by atoms with Gasteiger partial charge in [-0.25, -0.2) is 0 Å². The average Bonchev–Trinajstić information content (AvgIpc) is 2.76. The molecule has 3 heteroatoms. The molecule has 0 atom stereocenters. The first-order chi connectivity index (χ1) is 7.75. The lowest BCUT2D eigenvalue weighted by atomic mass is 10.2. The molecule has 1 heterocycles. The van der Waals surface area contributed by atoms with Crippen LogP contribution in [0.1, 0.15) is 10.4 Å². The molecule has 0 spiro atoms. The normalized spacial score (nSPS) is 10.4. The lowest BCUT2D eigenvalue weighted by molar-refractivity contribution is 1.04. The van der Waals surface area contributed by atoms with Crippen molar-refractivity contribution in [2.45, 2.75) is 13.3 Å². The van der Waals surface area contributed by atoms with E-state index < -0.39 is 0 Å². The maximum atomic E-state index is 3.49. The van der Waals surface area contributed by atoms with Gasteiger partial charge in [-0.2, -0.15) is 0 Å². The van der Waals surface area contributed by atoms with E-state index in [1.807, 2.05) is 11.3 Å². The van der Waals surface area contributed by atoms with Gasteiger partial charge in [-0.05, 0) is 42.5 Å². The van der Waals surface area contributed by atoms with Crippen LogP contribution in [0.5, 0.6) is 0 Å². The summed E-state index contributed by atoms with van der Waals surface area (Å²) in [6.07, 6.45) is 1.09. The summed E-state index contributed by atoms with van der Waals surface area (Å²) >= 11 is 5.31. The van der Waals surface area contributed by atoms with Crippen LogP contribution in [0.25, 0.3) is 0 Å². The van der Waals surface area contributed by atoms with Crippen molar-refractivity contribution in [2.24, 2.45) is 0 Å². The van der Waals surface area contributed by atoms with Crippen LogP contribution in [0, 0.1) is 6.92 Å². The molecular weight excluding hydrogens is 282 g/mol. The molecule has 0 aliphatic carbocycles. The topological polar surface area (TPSA) is 12.0 Å². The zero-order valence-corrected chi connectivity index (χ0v) is 11.6. The molecule has 1 nitrogen and oxygen atoms in total. The van der Waals surface area contributed by atoms with Gasteiger partial charge in [-0.15, -0.1) is 11.3 Å². The molecule has 0 radical (unpaired) electrons. The number of nitrogens with one attached hydrogen (secondary N) is 1. The van der Waals surface area contributed by atoms with E-state index in [4.69, 9.17) is 0 Å². The molecule has 0 aliphatic rings. The minimum absolute atomic E-state index is 0.984. The first-order valence-corrected chi connectivity index (χ1v) is 6.95. The summed E-state index contributed by atoms with van der Waals surface area (Å²) in [5.41, 5.74) is 2.50. The molecule has 0 bridgehead atoms. The highest BCUT2D eigenvalue weighted by Gasteiger charge is 1.99. The van der Waals surface area contributed by atoms with Crippen LogP contribution in [0.2, 0.25) is 0 Å². The second-order valence-corrected chi connectivity index (χ2v) is 5.66. The Morgan fingerprint density at radius 1 is 1.31 bits per heavy atom. The third-order valence-corrected chi connectivity index (χ3v) is 3.90. The highest BCUT2D eigenvalue weighted by molar-refractivity contribution is 9.10. The van der Waals surface area contributed by atoms with Crippen molar-refractivity contribution in [3.63, 3.8) is 0 Å². The summed E-state index contributed by atoms with van der Waals surface area (Å²) in [5, 5.41) is 5.59. The molecule has 0 saturated heterocycles. The Morgan fingerprint density at radius 3 is 2.94 bits per heavy atom. The summed E-state index contributed by atoms with van der Waals surface area (Å²) in [7, 11) is 0. The fourth-order valence-electron chi connectivity index (χ4n) is 1.56. The van der Waals surface area contributed by atoms with E-state index in [-0.39, 0.29) is 0 Å². The monoisotopic (exact) mass is 295 g/mol. The first kappa shape index (κ1) is 11.7. The Morgan fingerprint density at radius 2 is 2.19 bits per heavy atom. The van der Waals surface area contributed by atoms with Crippen LogP contribution < -0.4 is 5.32 Å². The number of hydrogen-bond acceptors (Lipinski definition) is 2. The van der Waals surface area contributed by atoms with E-state index in [1.165, 1.54) is 16.1 Å². The number of rotatable bonds is 4. The molecule has 1 N–H and O–H groups in total. The highest BCUT2D eigenvalue weighted by Crippen LogP contribution is 2.20. The van der Waals surface area contributed by atoms with Gasteiger partial charge in [0.15, 0.2) is 0 Å². The van der Waals surface area contributed by atoms with Crippen molar-refractivity contribution in [3.05, 3.63) is 50.6 Å². The number of benzene rings is 1. The Labute approximate surface area is 109 Å². The van der Waals surface area contributed by atoms with Crippen LogP contribution in [0.4, 0.5) is 5.69 Å². The summed E-state index contributed by atoms with van der Waals surface area (Å²) in [5.74, 6) is 0. The lowest BCUT2D eigenvalue weighted by Crippen LogP contribution is -2.05. The summed E-state index contributed by atoms with van der Waals surface area (Å²) in [4.78, 5) is 1.43. The smallest absolute Gasteiger partial charge is 0.0381 e. The van der Waals surface area contributed by atoms with Crippen molar-refractivity contribution in [1.29, 1.82) is 0 Å². The van der Waals surface area contributed by atoms with Crippen molar-refractivity contribution in [2.75, 3.05) is 11.9 Å². The number of thiophene rings is 1. The standard InChI is InChI=1S/C13H14BrNS/c1-10-4-5-11(14)9-13(10)15-7-6-12-3-2-8-16-12/h2-5,8-9,15H,6-7H2,1H3. The van der Waals surface area contributed by atoms with E-state index in [9.17, 15) is 0 Å². The van der Waals surface area contributed by atoms with Crippen LogP contribution in [0.15, 0.2) is 40.2 Å². The van der Waals surface area contributed by atoms with Crippen LogP contribution in [-0.4, -0.2) is 6.54 Å². The van der Waals surface area contributed by atoms with Crippen molar-refractivity contribution < 1.29 is 0 Å². The highest BCUT2D eigenvalue weighted by atomic mass is 79.9. The molecule has 1 aromatic heterocycles. The lowest BCUT2D eigenvalue weighted by Gasteiger charge is -2.09. The average molecular weight is 296 g/mol. The second-order valence-electron chi connectivity index (χ2n) is 3.72. The molecular formula is C13H14BrNS. The van der Waals surface area contributed by atoms with Gasteiger partial charge in [-0.3, -0.25) is 0 Å². The third-order valence-electron chi connectivity index (χ3n) is 2.47. The molecule has 2 aromatic rings. The molecule has 16 heavy (non-hydrogen) atoms. The number of halogens is 1. The van der Waals surface area contributed by atoms with E-state index in [0.29, 0.717) is 0 Å². The maximum Gasteiger partial charge on any atom is 0.0381 e. The zero-order valence-electron chi connectivity index (χ0n) is 9.16. The van der Waals surface area contributed by atoms with E-state index in [0.717, 1.165) is 17.4 Å². The molecule has 1 aromatic carbocycles. The molecule has 0 fully saturated rings. The van der Waals surface area contributed by atoms with Crippen LogP contribution in [0.3, 0.4) is 0 Å². The summed E-state index contributed by atoms with van der Waals surface area (Å²) < 4.78 is 1.12. The fraction of sp³-hybridized carbons (Fsp3) is 0.231. The SMILES string of the molecule is Cc1ccc(Br)cc1NCCc1cccs1. The third kappa shape index (κ3) is 3.09. The van der Waals surface area contributed by atoms with Gasteiger partial charge in [0.05, 0.1) is 0 Å². The largest absolute Gasteiger partial charge is 0.384 e. The summed E-state index contributed by atoms with van der Waals surface area (Å²) in [6.45, 7) is 3.11. The molecule has 84 valence electrons. The number of hydrogen-bond donors (Lipinski definition) is 1. The Balaban J connectivity index is 1.92. The van der Waals surface area contributed by atoms with Gasteiger partial charge in [-0.1, -0.05) is 28.1 Å². The van der Waals surface area contributed by atoms with Gasteiger partial charge in [0.1, 0.15) is 0 Å². The number of aryl methyl sites for hydroxylation is 1. The second kappa shape index (κ2) is 5.51.